The summed E-state index contributed by atoms with van der Waals surface area (Å²) >= 11 is 3.48. The van der Waals surface area contributed by atoms with Crippen molar-refractivity contribution in [2.45, 2.75) is 39.7 Å². The number of anilines is 1. The summed E-state index contributed by atoms with van der Waals surface area (Å²) in [5.74, 6) is 0.686. The molecule has 0 spiro atoms. The summed E-state index contributed by atoms with van der Waals surface area (Å²) in [5, 5.41) is 7.71. The van der Waals surface area contributed by atoms with Crippen LogP contribution in [0, 0.1) is 5.92 Å². The van der Waals surface area contributed by atoms with Gasteiger partial charge in [0.05, 0.1) is 17.9 Å². The van der Waals surface area contributed by atoms with E-state index in [2.05, 4.69) is 38.2 Å². The molecule has 2 rings (SSSR count). The van der Waals surface area contributed by atoms with E-state index in [1.165, 1.54) is 17.5 Å². The summed E-state index contributed by atoms with van der Waals surface area (Å²) in [6.45, 7) is 10.1. The van der Waals surface area contributed by atoms with E-state index in [4.69, 9.17) is 0 Å². The molecular weight excluding hydrogens is 332 g/mol. The van der Waals surface area contributed by atoms with Crippen LogP contribution in [0.5, 0.6) is 0 Å². The molecule has 0 amide bonds. The fourth-order valence-electron chi connectivity index (χ4n) is 2.80. The van der Waals surface area contributed by atoms with Crippen LogP contribution in [-0.4, -0.2) is 36.0 Å². The zero-order valence-corrected chi connectivity index (χ0v) is 14.7. The van der Waals surface area contributed by atoms with Crippen LogP contribution in [0.4, 0.5) is 5.69 Å². The zero-order valence-electron chi connectivity index (χ0n) is 13.1. The van der Waals surface area contributed by atoms with Crippen LogP contribution in [0.3, 0.4) is 0 Å². The first-order valence-electron chi connectivity index (χ1n) is 7.77. The SMILES string of the molecule is CCN(CC1CCNCC1)c1cnn(C(C)C)c(=O)c1Br. The lowest BCUT2D eigenvalue weighted by Gasteiger charge is -2.31. The van der Waals surface area contributed by atoms with Crippen molar-refractivity contribution < 1.29 is 0 Å². The highest BCUT2D eigenvalue weighted by molar-refractivity contribution is 9.10. The average molecular weight is 357 g/mol. The Kier molecular flexibility index (Phi) is 5.81. The predicted molar refractivity (Wildman–Crippen MR) is 90.1 cm³/mol. The van der Waals surface area contributed by atoms with Crippen molar-refractivity contribution in [2.24, 2.45) is 5.92 Å². The van der Waals surface area contributed by atoms with Crippen molar-refractivity contribution in [3.05, 3.63) is 21.0 Å². The molecule has 6 heteroatoms. The third-order valence-electron chi connectivity index (χ3n) is 4.07. The molecule has 0 saturated carbocycles. The number of hydrogen-bond acceptors (Lipinski definition) is 4. The van der Waals surface area contributed by atoms with E-state index < -0.39 is 0 Å². The van der Waals surface area contributed by atoms with Crippen LogP contribution < -0.4 is 15.8 Å². The van der Waals surface area contributed by atoms with Crippen LogP contribution in [-0.2, 0) is 0 Å². The molecule has 5 nitrogen and oxygen atoms in total. The molecule has 1 aromatic heterocycles. The Labute approximate surface area is 134 Å². The highest BCUT2D eigenvalue weighted by Crippen LogP contribution is 2.24. The molecule has 0 aromatic carbocycles. The van der Waals surface area contributed by atoms with Gasteiger partial charge in [0.1, 0.15) is 4.47 Å². The quantitative estimate of drug-likeness (QED) is 0.879. The van der Waals surface area contributed by atoms with Gasteiger partial charge in [0.15, 0.2) is 0 Å². The van der Waals surface area contributed by atoms with E-state index >= 15 is 0 Å². The second-order valence-electron chi connectivity index (χ2n) is 5.92. The Morgan fingerprint density at radius 1 is 1.48 bits per heavy atom. The van der Waals surface area contributed by atoms with E-state index in [-0.39, 0.29) is 11.6 Å². The topological polar surface area (TPSA) is 50.2 Å². The van der Waals surface area contributed by atoms with Gasteiger partial charge in [0.25, 0.3) is 5.56 Å². The first-order valence-corrected chi connectivity index (χ1v) is 8.56. The number of nitrogens with one attached hydrogen (secondary N) is 1. The van der Waals surface area contributed by atoms with Crippen molar-refractivity contribution in [1.29, 1.82) is 0 Å². The molecular formula is C15H25BrN4O. The summed E-state index contributed by atoms with van der Waals surface area (Å²) < 4.78 is 2.15. The molecule has 21 heavy (non-hydrogen) atoms. The molecule has 2 heterocycles. The monoisotopic (exact) mass is 356 g/mol. The summed E-state index contributed by atoms with van der Waals surface area (Å²) in [5.41, 5.74) is 0.865. The van der Waals surface area contributed by atoms with Crippen LogP contribution in [0.1, 0.15) is 39.7 Å². The van der Waals surface area contributed by atoms with Gasteiger partial charge >= 0.3 is 0 Å². The van der Waals surface area contributed by atoms with Crippen LogP contribution in [0.15, 0.2) is 15.5 Å². The number of piperidine rings is 1. The number of halogens is 1. The second-order valence-corrected chi connectivity index (χ2v) is 6.71. The fourth-order valence-corrected chi connectivity index (χ4v) is 3.33. The minimum atomic E-state index is -0.0498. The third kappa shape index (κ3) is 3.86. The van der Waals surface area contributed by atoms with Gasteiger partial charge in [-0.15, -0.1) is 0 Å². The van der Waals surface area contributed by atoms with Gasteiger partial charge < -0.3 is 10.2 Å². The molecule has 0 aliphatic carbocycles. The molecule has 1 N–H and O–H groups in total. The lowest BCUT2D eigenvalue weighted by Crippen LogP contribution is -2.37. The van der Waals surface area contributed by atoms with Crippen LogP contribution in [0.2, 0.25) is 0 Å². The van der Waals surface area contributed by atoms with E-state index in [9.17, 15) is 4.79 Å². The fraction of sp³-hybridized carbons (Fsp3) is 0.733. The molecule has 0 unspecified atom stereocenters. The molecule has 0 atom stereocenters. The maximum Gasteiger partial charge on any atom is 0.283 e. The van der Waals surface area contributed by atoms with Crippen molar-refractivity contribution in [3.63, 3.8) is 0 Å². The van der Waals surface area contributed by atoms with E-state index in [0.717, 1.165) is 31.9 Å². The van der Waals surface area contributed by atoms with Crippen LogP contribution in [0.25, 0.3) is 0 Å². The van der Waals surface area contributed by atoms with Gasteiger partial charge in [-0.2, -0.15) is 5.10 Å². The summed E-state index contributed by atoms with van der Waals surface area (Å²) in [4.78, 5) is 14.6. The molecule has 1 aliphatic rings. The van der Waals surface area contributed by atoms with E-state index in [1.807, 2.05) is 20.0 Å². The number of aromatic nitrogens is 2. The van der Waals surface area contributed by atoms with Crippen molar-refractivity contribution in [1.82, 2.24) is 15.1 Å². The van der Waals surface area contributed by atoms with Crippen molar-refractivity contribution >= 4 is 21.6 Å². The van der Waals surface area contributed by atoms with E-state index in [0.29, 0.717) is 10.4 Å². The Hall–Kier alpha value is -0.880. The van der Waals surface area contributed by atoms with E-state index in [1.54, 1.807) is 0 Å². The summed E-state index contributed by atoms with van der Waals surface area (Å²) in [6.07, 6.45) is 4.21. The largest absolute Gasteiger partial charge is 0.369 e. The van der Waals surface area contributed by atoms with Crippen molar-refractivity contribution in [2.75, 3.05) is 31.1 Å². The first kappa shape index (κ1) is 16.5. The minimum Gasteiger partial charge on any atom is -0.369 e. The molecule has 0 radical (unpaired) electrons. The Balaban J connectivity index is 2.21. The first-order chi connectivity index (χ1) is 10.0. The van der Waals surface area contributed by atoms with Gasteiger partial charge in [-0.3, -0.25) is 4.79 Å². The standard InChI is InChI=1S/C15H25BrN4O/c1-4-19(10-12-5-7-17-8-6-12)13-9-18-20(11(2)3)15(21)14(13)16/h9,11-12,17H,4-8,10H2,1-3H3. The molecule has 0 bridgehead atoms. The lowest BCUT2D eigenvalue weighted by molar-refractivity contribution is 0.374. The highest BCUT2D eigenvalue weighted by Gasteiger charge is 2.20. The molecule has 1 aromatic rings. The minimum absolute atomic E-state index is 0.0498. The Bertz CT molecular complexity index is 523. The van der Waals surface area contributed by atoms with Gasteiger partial charge in [-0.05, 0) is 68.6 Å². The summed E-state index contributed by atoms with van der Waals surface area (Å²) in [7, 11) is 0. The van der Waals surface area contributed by atoms with Gasteiger partial charge in [-0.25, -0.2) is 4.68 Å². The number of nitrogens with zero attached hydrogens (tertiary/aromatic N) is 3. The molecule has 118 valence electrons. The Morgan fingerprint density at radius 2 is 2.14 bits per heavy atom. The Morgan fingerprint density at radius 3 is 2.71 bits per heavy atom. The third-order valence-corrected chi connectivity index (χ3v) is 4.82. The molecule has 1 fully saturated rings. The predicted octanol–water partition coefficient (Wildman–Crippen LogP) is 2.41. The maximum absolute atomic E-state index is 12.4. The smallest absolute Gasteiger partial charge is 0.283 e. The van der Waals surface area contributed by atoms with Gasteiger partial charge in [0.2, 0.25) is 0 Å². The highest BCUT2D eigenvalue weighted by atomic mass is 79.9. The number of hydrogen-bond donors (Lipinski definition) is 1. The maximum atomic E-state index is 12.4. The van der Waals surface area contributed by atoms with Gasteiger partial charge in [-0.1, -0.05) is 0 Å². The molecule has 1 aliphatic heterocycles. The van der Waals surface area contributed by atoms with Crippen LogP contribution >= 0.6 is 15.9 Å². The van der Waals surface area contributed by atoms with Crippen molar-refractivity contribution in [3.8, 4) is 0 Å². The lowest BCUT2D eigenvalue weighted by atomic mass is 9.97. The normalized spacial score (nSPS) is 16.4. The second kappa shape index (κ2) is 7.40. The summed E-state index contributed by atoms with van der Waals surface area (Å²) in [6, 6.07) is 0.0716. The number of rotatable bonds is 5. The molecule has 1 saturated heterocycles. The average Bonchev–Trinajstić information content (AvgIpc) is 2.48. The van der Waals surface area contributed by atoms with Gasteiger partial charge in [0, 0.05) is 13.1 Å². The zero-order chi connectivity index (χ0) is 15.4.